The van der Waals surface area contributed by atoms with Crippen molar-refractivity contribution < 1.29 is 55.7 Å². The third-order valence-corrected chi connectivity index (χ3v) is 3.94. The molecule has 0 saturated heterocycles. The predicted molar refractivity (Wildman–Crippen MR) is 125 cm³/mol. The molecule has 0 saturated carbocycles. The van der Waals surface area contributed by atoms with Crippen molar-refractivity contribution in [3.8, 4) is 5.75 Å². The summed E-state index contributed by atoms with van der Waals surface area (Å²) in [6.45, 7) is 0.880. The van der Waals surface area contributed by atoms with Gasteiger partial charge in [-0.15, -0.1) is 0 Å². The second-order valence-corrected chi connectivity index (χ2v) is 7.00. The monoisotopic (exact) mass is 567 g/mol. The molecule has 17 heteroatoms. The van der Waals surface area contributed by atoms with Crippen LogP contribution in [0.5, 0.6) is 5.75 Å². The molecule has 0 aliphatic rings. The van der Waals surface area contributed by atoms with Crippen molar-refractivity contribution in [1.29, 1.82) is 10.8 Å². The Hall–Kier alpha value is -4.83. The van der Waals surface area contributed by atoms with E-state index in [4.69, 9.17) is 46.8 Å². The van der Waals surface area contributed by atoms with E-state index in [1.165, 1.54) is 0 Å². The van der Waals surface area contributed by atoms with Crippen LogP contribution in [0.3, 0.4) is 0 Å². The number of hydrogen-bond acceptors (Lipinski definition) is 6. The summed E-state index contributed by atoms with van der Waals surface area (Å²) in [5.74, 6) is -5.18. The first-order chi connectivity index (χ1) is 17.9. The molecule has 11 nitrogen and oxygen atoms in total. The summed E-state index contributed by atoms with van der Waals surface area (Å²) in [4.78, 5) is 29.9. The van der Waals surface area contributed by atoms with Crippen LogP contribution >= 0.6 is 0 Å². The summed E-state index contributed by atoms with van der Waals surface area (Å²) in [7, 11) is 0. The minimum atomic E-state index is -5.08. The molecule has 0 aliphatic carbocycles. The highest BCUT2D eigenvalue weighted by molar-refractivity contribution is 6.00. The summed E-state index contributed by atoms with van der Waals surface area (Å²) in [6.07, 6.45) is -9.54. The van der Waals surface area contributed by atoms with Crippen LogP contribution in [-0.4, -0.2) is 65.2 Å². The van der Waals surface area contributed by atoms with Crippen LogP contribution in [0.25, 0.3) is 0 Å². The Bertz CT molecular complexity index is 1150. The number of carbonyl (C=O) groups is 3. The predicted octanol–water partition coefficient (Wildman–Crippen LogP) is 2.72. The van der Waals surface area contributed by atoms with E-state index in [1.54, 1.807) is 48.5 Å². The van der Waals surface area contributed by atoms with Crippen molar-refractivity contribution in [1.82, 2.24) is 5.32 Å². The van der Waals surface area contributed by atoms with Gasteiger partial charge in [0.25, 0.3) is 5.91 Å². The molecule has 0 unspecified atom stereocenters. The van der Waals surface area contributed by atoms with Gasteiger partial charge in [-0.05, 0) is 30.7 Å². The molecule has 0 bridgehead atoms. The number of halogens is 6. The second kappa shape index (κ2) is 15.4. The number of carboxylic acid groups (broad SMARTS) is 2. The molecule has 0 fully saturated rings. The molecule has 2 aromatic carbocycles. The van der Waals surface area contributed by atoms with Gasteiger partial charge in [-0.2, -0.15) is 26.3 Å². The third-order valence-electron chi connectivity index (χ3n) is 3.94. The first-order valence-corrected chi connectivity index (χ1v) is 10.3. The number of ether oxygens (including phenoxy) is 1. The van der Waals surface area contributed by atoms with Crippen molar-refractivity contribution in [3.63, 3.8) is 0 Å². The van der Waals surface area contributed by atoms with Crippen LogP contribution < -0.4 is 21.5 Å². The molecule has 0 aliphatic heterocycles. The molecule has 214 valence electrons. The normalized spacial score (nSPS) is 10.5. The molecule has 2 rings (SSSR count). The smallest absolute Gasteiger partial charge is 0.490 e. The van der Waals surface area contributed by atoms with Crippen LogP contribution in [0.1, 0.15) is 27.9 Å². The van der Waals surface area contributed by atoms with E-state index < -0.39 is 24.3 Å². The molecule has 0 aromatic heterocycles. The van der Waals surface area contributed by atoms with Crippen LogP contribution in [0.15, 0.2) is 48.5 Å². The SMILES string of the molecule is N=C(N)c1cccc(OCCCNC(=O)c2cccc(C(=N)N)c2)c1.O=C(O)C(F)(F)F.O=C(O)C(F)(F)F. The summed E-state index contributed by atoms with van der Waals surface area (Å²) < 4.78 is 69.1. The van der Waals surface area contributed by atoms with Crippen LogP contribution in [0.2, 0.25) is 0 Å². The Morgan fingerprint density at radius 1 is 0.795 bits per heavy atom. The zero-order valence-electron chi connectivity index (χ0n) is 19.7. The number of hydrogen-bond donors (Lipinski definition) is 7. The number of amidine groups is 2. The quantitative estimate of drug-likeness (QED) is 0.109. The first-order valence-electron chi connectivity index (χ1n) is 10.3. The van der Waals surface area contributed by atoms with Gasteiger partial charge in [0.2, 0.25) is 0 Å². The fourth-order valence-electron chi connectivity index (χ4n) is 2.15. The van der Waals surface area contributed by atoms with Gasteiger partial charge < -0.3 is 31.7 Å². The van der Waals surface area contributed by atoms with Gasteiger partial charge in [0.1, 0.15) is 17.4 Å². The number of nitrogen functional groups attached to an aromatic ring is 2. The number of nitrogens with one attached hydrogen (secondary N) is 3. The summed E-state index contributed by atoms with van der Waals surface area (Å²) in [6, 6.07) is 13.6. The van der Waals surface area contributed by atoms with Gasteiger partial charge in [-0.3, -0.25) is 15.6 Å². The van der Waals surface area contributed by atoms with E-state index in [2.05, 4.69) is 5.32 Å². The number of carboxylic acids is 2. The number of amides is 1. The van der Waals surface area contributed by atoms with Crippen molar-refractivity contribution in [2.24, 2.45) is 11.5 Å². The minimum absolute atomic E-state index is 0.00879. The maximum Gasteiger partial charge on any atom is 0.490 e. The highest BCUT2D eigenvalue weighted by atomic mass is 19.4. The molecule has 0 heterocycles. The summed E-state index contributed by atoms with van der Waals surface area (Å²) in [5, 5.41) is 31.8. The minimum Gasteiger partial charge on any atom is -0.494 e. The van der Waals surface area contributed by atoms with Crippen molar-refractivity contribution in [3.05, 3.63) is 65.2 Å². The van der Waals surface area contributed by atoms with E-state index in [0.717, 1.165) is 0 Å². The van der Waals surface area contributed by atoms with E-state index in [0.29, 0.717) is 42.0 Å². The number of alkyl halides is 6. The lowest BCUT2D eigenvalue weighted by atomic mass is 10.1. The molecule has 0 spiro atoms. The van der Waals surface area contributed by atoms with E-state index >= 15 is 0 Å². The van der Waals surface area contributed by atoms with Crippen LogP contribution in [0.4, 0.5) is 26.3 Å². The van der Waals surface area contributed by atoms with E-state index in [1.807, 2.05) is 0 Å². The first kappa shape index (κ1) is 34.2. The summed E-state index contributed by atoms with van der Waals surface area (Å²) in [5.41, 5.74) is 12.4. The molecule has 9 N–H and O–H groups in total. The van der Waals surface area contributed by atoms with Gasteiger partial charge in [-0.25, -0.2) is 9.59 Å². The fourth-order valence-corrected chi connectivity index (χ4v) is 2.15. The number of nitrogens with two attached hydrogens (primary N) is 2. The van der Waals surface area contributed by atoms with Gasteiger partial charge in [0.05, 0.1) is 6.61 Å². The highest BCUT2D eigenvalue weighted by Gasteiger charge is 2.38. The van der Waals surface area contributed by atoms with Gasteiger partial charge >= 0.3 is 24.3 Å². The van der Waals surface area contributed by atoms with Gasteiger partial charge in [0.15, 0.2) is 0 Å². The van der Waals surface area contributed by atoms with E-state index in [9.17, 15) is 31.1 Å². The lowest BCUT2D eigenvalue weighted by Crippen LogP contribution is -2.26. The zero-order chi connectivity index (χ0) is 30.4. The third kappa shape index (κ3) is 14.5. The number of rotatable bonds is 8. The summed E-state index contributed by atoms with van der Waals surface area (Å²) >= 11 is 0. The van der Waals surface area contributed by atoms with Crippen LogP contribution in [-0.2, 0) is 9.59 Å². The molecular formula is C22H23F6N5O6. The second-order valence-electron chi connectivity index (χ2n) is 7.00. The topological polar surface area (TPSA) is 213 Å². The lowest BCUT2D eigenvalue weighted by molar-refractivity contribution is -0.193. The van der Waals surface area contributed by atoms with Gasteiger partial charge in [0, 0.05) is 23.2 Å². The van der Waals surface area contributed by atoms with Crippen molar-refractivity contribution in [2.75, 3.05) is 13.2 Å². The average Bonchev–Trinajstić information content (AvgIpc) is 2.83. The lowest BCUT2D eigenvalue weighted by Gasteiger charge is -2.09. The molecule has 0 atom stereocenters. The molecule has 1 amide bonds. The Kier molecular flexibility index (Phi) is 13.5. The Labute approximate surface area is 216 Å². The Morgan fingerprint density at radius 2 is 1.21 bits per heavy atom. The Balaban J connectivity index is 0.000000848. The maximum atomic E-state index is 12.1. The number of benzene rings is 2. The maximum absolute atomic E-state index is 12.1. The molecule has 39 heavy (non-hydrogen) atoms. The average molecular weight is 567 g/mol. The number of aliphatic carboxylic acids is 2. The fraction of sp³-hybridized carbons (Fsp3) is 0.227. The van der Waals surface area contributed by atoms with Crippen molar-refractivity contribution >= 4 is 29.5 Å². The number of carbonyl (C=O) groups excluding carboxylic acids is 1. The zero-order valence-corrected chi connectivity index (χ0v) is 19.7. The van der Waals surface area contributed by atoms with E-state index in [-0.39, 0.29) is 17.6 Å². The Morgan fingerprint density at radius 3 is 1.64 bits per heavy atom. The van der Waals surface area contributed by atoms with Crippen molar-refractivity contribution in [2.45, 2.75) is 18.8 Å². The largest absolute Gasteiger partial charge is 0.494 e. The van der Waals surface area contributed by atoms with Gasteiger partial charge in [-0.1, -0.05) is 24.3 Å². The highest BCUT2D eigenvalue weighted by Crippen LogP contribution is 2.14. The molecular weight excluding hydrogens is 544 g/mol. The standard InChI is InChI=1S/C18H21N5O2.2C2HF3O2/c19-16(20)12-4-1-6-14(10-12)18(24)23-8-3-9-25-15-7-2-5-13(11-15)17(21)22;2*3-2(4,5)1(6)7/h1-2,4-7,10-11H,3,8-9H2,(H3,19,20)(H3,21,22)(H,23,24);2*(H,6,7). The molecule has 0 radical (unpaired) electrons. The molecule has 2 aromatic rings. The van der Waals surface area contributed by atoms with Crippen LogP contribution in [0, 0.1) is 10.8 Å².